The lowest BCUT2D eigenvalue weighted by molar-refractivity contribution is -0.121. The first-order valence-electron chi connectivity index (χ1n) is 5.57. The number of hydrogen-bond donors (Lipinski definition) is 2. The van der Waals surface area contributed by atoms with Gasteiger partial charge in [0.25, 0.3) is 0 Å². The van der Waals surface area contributed by atoms with Gasteiger partial charge in [0.05, 0.1) is 11.2 Å². The molecule has 1 saturated carbocycles. The summed E-state index contributed by atoms with van der Waals surface area (Å²) in [7, 11) is 0. The lowest BCUT2D eigenvalue weighted by Gasteiger charge is -2.22. The third kappa shape index (κ3) is 3.13. The molecule has 1 aliphatic rings. The van der Waals surface area contributed by atoms with Gasteiger partial charge in [-0.25, -0.2) is 4.39 Å². The molecule has 6 heteroatoms. The molecule has 0 radical (unpaired) electrons. The molecule has 0 aliphatic heterocycles. The summed E-state index contributed by atoms with van der Waals surface area (Å²) < 4.78 is 13.5. The number of anilines is 1. The van der Waals surface area contributed by atoms with E-state index in [1.54, 1.807) is 0 Å². The molecule has 18 heavy (non-hydrogen) atoms. The first-order chi connectivity index (χ1) is 8.01. The normalized spacial score (nSPS) is 17.1. The fraction of sp³-hybridized carbons (Fsp3) is 0.417. The molecule has 100 valence electrons. The Labute approximate surface area is 116 Å². The maximum atomic E-state index is 13.5. The van der Waals surface area contributed by atoms with E-state index in [2.05, 4.69) is 5.32 Å². The fourth-order valence-corrected chi connectivity index (χ4v) is 2.23. The van der Waals surface area contributed by atoms with Crippen LogP contribution in [-0.2, 0) is 4.79 Å². The van der Waals surface area contributed by atoms with Gasteiger partial charge >= 0.3 is 0 Å². The smallest absolute Gasteiger partial charge is 0.244 e. The van der Waals surface area contributed by atoms with E-state index in [-0.39, 0.29) is 24.0 Å². The number of hydrogen-bond acceptors (Lipinski definition) is 2. The highest BCUT2D eigenvalue weighted by atomic mass is 35.5. The lowest BCUT2D eigenvalue weighted by atomic mass is 9.98. The number of carbonyl (C=O) groups excluding carboxylic acids is 1. The molecule has 0 bridgehead atoms. The van der Waals surface area contributed by atoms with Crippen molar-refractivity contribution < 1.29 is 9.18 Å². The van der Waals surface area contributed by atoms with Gasteiger partial charge in [0.2, 0.25) is 5.91 Å². The van der Waals surface area contributed by atoms with Crippen molar-refractivity contribution in [2.75, 3.05) is 5.32 Å². The summed E-state index contributed by atoms with van der Waals surface area (Å²) in [6.07, 6.45) is 3.17. The van der Waals surface area contributed by atoms with Gasteiger partial charge in [0.1, 0.15) is 5.82 Å². The van der Waals surface area contributed by atoms with E-state index in [0.29, 0.717) is 17.9 Å². The average Bonchev–Trinajstić information content (AvgIpc) is 2.71. The summed E-state index contributed by atoms with van der Waals surface area (Å²) in [5.41, 5.74) is 5.24. The zero-order chi connectivity index (χ0) is 12.5. The second-order valence-corrected chi connectivity index (χ2v) is 4.88. The summed E-state index contributed by atoms with van der Waals surface area (Å²) >= 11 is 5.63. The topological polar surface area (TPSA) is 55.1 Å². The maximum absolute atomic E-state index is 13.5. The Morgan fingerprint density at radius 3 is 2.56 bits per heavy atom. The highest BCUT2D eigenvalue weighted by Gasteiger charge is 2.37. The van der Waals surface area contributed by atoms with Gasteiger partial charge in [-0.2, -0.15) is 0 Å². The molecule has 0 saturated heterocycles. The van der Waals surface area contributed by atoms with Gasteiger partial charge in [-0.05, 0) is 31.0 Å². The van der Waals surface area contributed by atoms with Crippen molar-refractivity contribution in [3.63, 3.8) is 0 Å². The van der Waals surface area contributed by atoms with E-state index < -0.39 is 11.4 Å². The van der Waals surface area contributed by atoms with Crippen LogP contribution in [0, 0.1) is 5.82 Å². The minimum Gasteiger partial charge on any atom is -0.322 e. The third-order valence-electron chi connectivity index (χ3n) is 3.13. The Hall–Kier alpha value is -0.840. The number of nitrogens with two attached hydrogens (primary N) is 1. The molecule has 1 aromatic carbocycles. The van der Waals surface area contributed by atoms with E-state index in [0.717, 1.165) is 18.9 Å². The van der Waals surface area contributed by atoms with E-state index >= 15 is 0 Å². The summed E-state index contributed by atoms with van der Waals surface area (Å²) in [5, 5.41) is 2.82. The predicted molar refractivity (Wildman–Crippen MR) is 72.7 cm³/mol. The molecule has 1 aromatic rings. The minimum atomic E-state index is -0.855. The SMILES string of the molecule is Cl.NC1(C(=O)Nc2ccc(Cl)cc2F)CCCC1. The quantitative estimate of drug-likeness (QED) is 0.880. The van der Waals surface area contributed by atoms with Crippen molar-refractivity contribution in [2.45, 2.75) is 31.2 Å². The van der Waals surface area contributed by atoms with Crippen LogP contribution in [0.5, 0.6) is 0 Å². The molecule has 0 aromatic heterocycles. The fourth-order valence-electron chi connectivity index (χ4n) is 2.07. The maximum Gasteiger partial charge on any atom is 0.244 e. The van der Waals surface area contributed by atoms with E-state index in [1.165, 1.54) is 12.1 Å². The van der Waals surface area contributed by atoms with Crippen LogP contribution in [0.3, 0.4) is 0 Å². The Bertz CT molecular complexity index is 448. The van der Waals surface area contributed by atoms with E-state index in [1.807, 2.05) is 0 Å². The minimum absolute atomic E-state index is 0. The van der Waals surface area contributed by atoms with Crippen LogP contribution in [0.2, 0.25) is 5.02 Å². The van der Waals surface area contributed by atoms with Gasteiger partial charge in [0.15, 0.2) is 0 Å². The summed E-state index contributed by atoms with van der Waals surface area (Å²) in [6, 6.07) is 4.13. The highest BCUT2D eigenvalue weighted by Crippen LogP contribution is 2.29. The molecule has 0 atom stereocenters. The lowest BCUT2D eigenvalue weighted by Crippen LogP contribution is -2.48. The van der Waals surface area contributed by atoms with Crippen molar-refractivity contribution in [3.05, 3.63) is 29.0 Å². The van der Waals surface area contributed by atoms with Crippen LogP contribution in [-0.4, -0.2) is 11.4 Å². The number of carbonyl (C=O) groups is 1. The van der Waals surface area contributed by atoms with Crippen LogP contribution < -0.4 is 11.1 Å². The first-order valence-corrected chi connectivity index (χ1v) is 5.94. The second kappa shape index (κ2) is 5.87. The van der Waals surface area contributed by atoms with Gasteiger partial charge in [0, 0.05) is 5.02 Å². The third-order valence-corrected chi connectivity index (χ3v) is 3.36. The van der Waals surface area contributed by atoms with Crippen LogP contribution in [0.4, 0.5) is 10.1 Å². The number of rotatable bonds is 2. The molecule has 1 aliphatic carbocycles. The molecule has 0 unspecified atom stereocenters. The number of halogens is 3. The molecule has 0 heterocycles. The van der Waals surface area contributed by atoms with Gasteiger partial charge < -0.3 is 11.1 Å². The largest absolute Gasteiger partial charge is 0.322 e. The van der Waals surface area contributed by atoms with E-state index in [9.17, 15) is 9.18 Å². The molecule has 0 spiro atoms. The Morgan fingerprint density at radius 1 is 1.39 bits per heavy atom. The monoisotopic (exact) mass is 292 g/mol. The van der Waals surface area contributed by atoms with Crippen molar-refractivity contribution in [3.8, 4) is 0 Å². The van der Waals surface area contributed by atoms with Crippen molar-refractivity contribution >= 4 is 35.6 Å². The molecular weight excluding hydrogens is 278 g/mol. The standard InChI is InChI=1S/C12H14ClFN2O.ClH/c13-8-3-4-10(9(14)7-8)16-11(17)12(15)5-1-2-6-12;/h3-4,7H,1-2,5-6,15H2,(H,16,17);1H. The molecule has 3 nitrogen and oxygen atoms in total. The van der Waals surface area contributed by atoms with Crippen LogP contribution >= 0.6 is 24.0 Å². The second-order valence-electron chi connectivity index (χ2n) is 4.44. The average molecular weight is 293 g/mol. The predicted octanol–water partition coefficient (Wildman–Crippen LogP) is 3.11. The van der Waals surface area contributed by atoms with Crippen molar-refractivity contribution in [1.29, 1.82) is 0 Å². The Kier molecular flexibility index (Phi) is 4.96. The van der Waals surface area contributed by atoms with Gasteiger partial charge in [-0.1, -0.05) is 24.4 Å². The summed E-state index contributed by atoms with van der Waals surface area (Å²) in [4.78, 5) is 11.9. The van der Waals surface area contributed by atoms with Gasteiger partial charge in [-0.3, -0.25) is 4.79 Å². The van der Waals surface area contributed by atoms with Gasteiger partial charge in [-0.15, -0.1) is 12.4 Å². The molecule has 1 fully saturated rings. The molecule has 3 N–H and O–H groups in total. The number of amides is 1. The first kappa shape index (κ1) is 15.2. The zero-order valence-electron chi connectivity index (χ0n) is 9.71. The number of benzene rings is 1. The molecular formula is C12H15Cl2FN2O. The highest BCUT2D eigenvalue weighted by molar-refractivity contribution is 6.30. The number of nitrogens with one attached hydrogen (secondary N) is 1. The van der Waals surface area contributed by atoms with Crippen molar-refractivity contribution in [1.82, 2.24) is 0 Å². The van der Waals surface area contributed by atoms with Crippen LogP contribution in [0.15, 0.2) is 18.2 Å². The zero-order valence-corrected chi connectivity index (χ0v) is 11.3. The Balaban J connectivity index is 0.00000162. The van der Waals surface area contributed by atoms with Crippen molar-refractivity contribution in [2.24, 2.45) is 5.73 Å². The Morgan fingerprint density at radius 2 is 2.00 bits per heavy atom. The summed E-state index contributed by atoms with van der Waals surface area (Å²) in [5.74, 6) is -0.872. The molecule has 2 rings (SSSR count). The van der Waals surface area contributed by atoms with Crippen LogP contribution in [0.1, 0.15) is 25.7 Å². The van der Waals surface area contributed by atoms with E-state index in [4.69, 9.17) is 17.3 Å². The summed E-state index contributed by atoms with van der Waals surface area (Å²) in [6.45, 7) is 0. The van der Waals surface area contributed by atoms with Crippen LogP contribution in [0.25, 0.3) is 0 Å². The molecule has 1 amide bonds.